The average Bonchev–Trinajstić information content (AvgIpc) is 3.75. The third-order valence-electron chi connectivity index (χ3n) is 8.18. The maximum Gasteiger partial charge on any atom is 0.469 e. The van der Waals surface area contributed by atoms with E-state index in [0.29, 0.717) is 41.7 Å². The van der Waals surface area contributed by atoms with Crippen LogP contribution in [-0.2, 0) is 18.6 Å². The third-order valence-corrected chi connectivity index (χ3v) is 10.2. The van der Waals surface area contributed by atoms with Crippen molar-refractivity contribution in [3.05, 3.63) is 12.7 Å². The molecule has 7 atom stereocenters. The Hall–Kier alpha value is -2.57. The van der Waals surface area contributed by atoms with Gasteiger partial charge in [0, 0.05) is 30.5 Å². The molecule has 2 unspecified atom stereocenters. The first-order valence-corrected chi connectivity index (χ1v) is 17.8. The molecule has 45 heavy (non-hydrogen) atoms. The van der Waals surface area contributed by atoms with Crippen molar-refractivity contribution in [1.29, 1.82) is 0 Å². The summed E-state index contributed by atoms with van der Waals surface area (Å²) < 4.78 is 22.5. The van der Waals surface area contributed by atoms with E-state index in [1.807, 2.05) is 11.8 Å². The van der Waals surface area contributed by atoms with Crippen LogP contribution in [0.25, 0.3) is 11.2 Å². The van der Waals surface area contributed by atoms with Crippen molar-refractivity contribution < 1.29 is 43.4 Å². The number of aliphatic hydroxyl groups excluding tert-OH is 2. The molecule has 0 spiro atoms. The second-order valence-electron chi connectivity index (χ2n) is 11.4. The van der Waals surface area contributed by atoms with Crippen LogP contribution in [-0.4, -0.2) is 113 Å². The van der Waals surface area contributed by atoms with Gasteiger partial charge in [-0.2, -0.15) is 11.8 Å². The highest BCUT2D eigenvalue weighted by molar-refractivity contribution is 8.00. The van der Waals surface area contributed by atoms with Crippen molar-refractivity contribution in [1.82, 2.24) is 35.5 Å². The van der Waals surface area contributed by atoms with E-state index >= 15 is 0 Å². The molecule has 2 aromatic heterocycles. The molecule has 0 aromatic carbocycles. The Morgan fingerprint density at radius 3 is 2.69 bits per heavy atom. The minimum Gasteiger partial charge on any atom is -0.387 e. The van der Waals surface area contributed by atoms with Gasteiger partial charge in [-0.15, -0.1) is 0 Å². The van der Waals surface area contributed by atoms with Gasteiger partial charge in [-0.25, -0.2) is 24.3 Å². The minimum absolute atomic E-state index is 0.0731. The number of aromatic nitrogens is 4. The number of phosphoric acid groups is 1. The van der Waals surface area contributed by atoms with E-state index in [1.165, 1.54) is 17.2 Å². The number of nitrogens with one attached hydrogen (secondary N) is 4. The monoisotopic (exact) mass is 672 g/mol. The molecule has 5 heterocycles. The number of nitrogens with zero attached hydrogens (tertiary/aromatic N) is 4. The fraction of sp³-hybridized carbons (Fsp3) is 0.731. The summed E-state index contributed by atoms with van der Waals surface area (Å²) in [5.41, 5.74) is 0.788. The Balaban J connectivity index is 0.948. The number of carbonyl (C=O) groups excluding carboxylic acids is 2. The van der Waals surface area contributed by atoms with Gasteiger partial charge in [-0.05, 0) is 25.7 Å². The molecule has 0 radical (unpaired) electrons. The zero-order chi connectivity index (χ0) is 32.0. The predicted octanol–water partition coefficient (Wildman–Crippen LogP) is 0.369. The molecule has 0 bridgehead atoms. The van der Waals surface area contributed by atoms with Crippen LogP contribution >= 0.6 is 19.6 Å². The zero-order valence-electron chi connectivity index (χ0n) is 24.7. The van der Waals surface area contributed by atoms with E-state index in [4.69, 9.17) is 14.5 Å². The lowest BCUT2D eigenvalue weighted by Crippen LogP contribution is -2.36. The number of urea groups is 1. The van der Waals surface area contributed by atoms with Crippen LogP contribution in [0.15, 0.2) is 12.7 Å². The van der Waals surface area contributed by atoms with Crippen LogP contribution in [0.2, 0.25) is 0 Å². The Morgan fingerprint density at radius 2 is 1.89 bits per heavy atom. The Labute approximate surface area is 263 Å². The largest absolute Gasteiger partial charge is 0.469 e. The van der Waals surface area contributed by atoms with Gasteiger partial charge in [0.05, 0.1) is 25.0 Å². The molecule has 3 amide bonds. The highest BCUT2D eigenvalue weighted by Crippen LogP contribution is 2.39. The number of aliphatic hydroxyl groups is 2. The topological polar surface area (TPSA) is 242 Å². The van der Waals surface area contributed by atoms with Gasteiger partial charge in [-0.3, -0.25) is 13.9 Å². The molecule has 3 fully saturated rings. The normalized spacial score (nSPS) is 27.8. The third kappa shape index (κ3) is 8.83. The number of carbonyl (C=O) groups is 2. The summed E-state index contributed by atoms with van der Waals surface area (Å²) >= 11 is 1.89. The van der Waals surface area contributed by atoms with Gasteiger partial charge in [0.2, 0.25) is 5.91 Å². The smallest absolute Gasteiger partial charge is 0.387 e. The Kier molecular flexibility index (Phi) is 11.5. The first kappa shape index (κ1) is 33.8. The maximum atomic E-state index is 12.2. The number of thioether (sulfide) groups is 1. The summed E-state index contributed by atoms with van der Waals surface area (Å²) in [5, 5.41) is 33.4. The van der Waals surface area contributed by atoms with Crippen LogP contribution in [0.1, 0.15) is 57.6 Å². The first-order chi connectivity index (χ1) is 21.6. The molecule has 0 aliphatic carbocycles. The summed E-state index contributed by atoms with van der Waals surface area (Å²) in [6.07, 6.45) is 4.61. The van der Waals surface area contributed by atoms with Gasteiger partial charge < -0.3 is 46.0 Å². The molecule has 3 aliphatic heterocycles. The van der Waals surface area contributed by atoms with Gasteiger partial charge in [0.15, 0.2) is 23.2 Å². The van der Waals surface area contributed by atoms with Crippen molar-refractivity contribution in [2.75, 3.05) is 30.8 Å². The number of ether oxygens (including phenoxy) is 1. The van der Waals surface area contributed by atoms with Gasteiger partial charge in [0.1, 0.15) is 24.6 Å². The van der Waals surface area contributed by atoms with E-state index in [9.17, 15) is 24.4 Å². The quantitative estimate of drug-likeness (QED) is 0.0643. The van der Waals surface area contributed by atoms with Gasteiger partial charge >= 0.3 is 13.9 Å². The van der Waals surface area contributed by atoms with Crippen molar-refractivity contribution in [3.63, 3.8) is 0 Å². The van der Waals surface area contributed by atoms with Crippen LogP contribution in [0.4, 0.5) is 10.6 Å². The molecular formula is C26H41N8O9PS. The lowest BCUT2D eigenvalue weighted by molar-refractivity contribution is -0.121. The first-order valence-electron chi connectivity index (χ1n) is 15.2. The lowest BCUT2D eigenvalue weighted by atomic mass is 10.0. The maximum absolute atomic E-state index is 12.2. The van der Waals surface area contributed by atoms with Crippen molar-refractivity contribution in [3.8, 4) is 0 Å². The number of hydrogen-bond donors (Lipinski definition) is 8. The van der Waals surface area contributed by atoms with Crippen molar-refractivity contribution in [2.45, 2.75) is 93.2 Å². The fourth-order valence-electron chi connectivity index (χ4n) is 5.84. The van der Waals surface area contributed by atoms with Gasteiger partial charge in [-0.1, -0.05) is 19.3 Å². The number of phosphoric ester groups is 1. The van der Waals surface area contributed by atoms with E-state index in [0.717, 1.165) is 50.7 Å². The Bertz CT molecular complexity index is 1360. The number of hydrogen-bond acceptors (Lipinski definition) is 12. The summed E-state index contributed by atoms with van der Waals surface area (Å²) in [6, 6.07) is 0.363. The summed E-state index contributed by atoms with van der Waals surface area (Å²) in [4.78, 5) is 54.4. The van der Waals surface area contributed by atoms with Crippen molar-refractivity contribution >= 4 is 48.5 Å². The molecule has 8 N–H and O–H groups in total. The summed E-state index contributed by atoms with van der Waals surface area (Å²) in [6.45, 7) is 0.670. The van der Waals surface area contributed by atoms with E-state index in [-0.39, 0.29) is 24.0 Å². The molecule has 19 heteroatoms. The van der Waals surface area contributed by atoms with Crippen molar-refractivity contribution in [2.24, 2.45) is 0 Å². The molecule has 17 nitrogen and oxygen atoms in total. The van der Waals surface area contributed by atoms with Gasteiger partial charge in [0.25, 0.3) is 0 Å². The molecule has 3 saturated heterocycles. The second-order valence-corrected chi connectivity index (χ2v) is 13.9. The van der Waals surface area contributed by atoms with Crippen LogP contribution < -0.4 is 21.3 Å². The number of amides is 3. The second kappa shape index (κ2) is 15.3. The van der Waals surface area contributed by atoms with E-state index in [1.54, 1.807) is 0 Å². The van der Waals surface area contributed by atoms with Crippen LogP contribution in [0.3, 0.4) is 0 Å². The Morgan fingerprint density at radius 1 is 1.09 bits per heavy atom. The predicted molar refractivity (Wildman–Crippen MR) is 163 cm³/mol. The lowest BCUT2D eigenvalue weighted by Gasteiger charge is -2.16. The number of anilines is 1. The molecule has 2 aromatic rings. The summed E-state index contributed by atoms with van der Waals surface area (Å²) in [7, 11) is -4.78. The molecule has 5 rings (SSSR count). The standard InChI is InChI=1S/C26H41N8O9PS/c35-18(8-4-3-7-17-19-15(12-45-17)32-26(38)33-19)27-9-5-1-2-6-10-28-23-20-24(30-13-29-23)34(14-31-20)25-22(37)21(36)16(43-25)11-42-44(39,40)41/h13-17,19,21-22,25,36-37H,1-12H2,(H,27,35)(H,28,29,30)(H2,32,33,38)(H2,39,40,41)/t15?,16-,17+,19?,21-,22-,25-/m1/s1. The van der Waals surface area contributed by atoms with E-state index in [2.05, 4.69) is 40.7 Å². The fourth-order valence-corrected chi connectivity index (χ4v) is 7.72. The van der Waals surface area contributed by atoms with E-state index < -0.39 is 39.0 Å². The molecule has 0 saturated carbocycles. The number of unbranched alkanes of at least 4 members (excludes halogenated alkanes) is 4. The SMILES string of the molecule is O=C(CCCC[C@@H]1SCC2NC(=O)NC21)NCCCCCCNc1ncnc2c1ncn2[C@@H]1O[C@H](COP(=O)(O)O)[C@@H](O)[C@H]1O. The highest BCUT2D eigenvalue weighted by Gasteiger charge is 2.45. The zero-order valence-corrected chi connectivity index (χ0v) is 26.4. The summed E-state index contributed by atoms with van der Waals surface area (Å²) in [5.74, 6) is 1.52. The minimum atomic E-state index is -4.78. The number of rotatable bonds is 17. The highest BCUT2D eigenvalue weighted by atomic mass is 32.2. The number of fused-ring (bicyclic) bond motifs is 2. The molecule has 3 aliphatic rings. The number of imidazole rings is 1. The molecular weight excluding hydrogens is 631 g/mol. The average molecular weight is 673 g/mol. The molecule has 250 valence electrons. The van der Waals surface area contributed by atoms with Crippen LogP contribution in [0, 0.1) is 0 Å². The van der Waals surface area contributed by atoms with Crippen LogP contribution in [0.5, 0.6) is 0 Å².